The van der Waals surface area contributed by atoms with Crippen LogP contribution in [0.5, 0.6) is 11.5 Å². The Morgan fingerprint density at radius 1 is 1.25 bits per heavy atom. The summed E-state index contributed by atoms with van der Waals surface area (Å²) in [5.41, 5.74) is 0.0418. The van der Waals surface area contributed by atoms with Crippen molar-refractivity contribution in [1.82, 2.24) is 5.32 Å². The lowest BCUT2D eigenvalue weighted by Gasteiger charge is -2.27. The number of hydrogen-bond donors (Lipinski definition) is 2. The van der Waals surface area contributed by atoms with Crippen molar-refractivity contribution in [1.29, 1.82) is 0 Å². The van der Waals surface area contributed by atoms with E-state index in [4.69, 9.17) is 9.47 Å². The van der Waals surface area contributed by atoms with Crippen LogP contribution in [0.15, 0.2) is 24.3 Å². The highest BCUT2D eigenvalue weighted by atomic mass is 16.5. The summed E-state index contributed by atoms with van der Waals surface area (Å²) >= 11 is 0. The minimum absolute atomic E-state index is 0.0418. The van der Waals surface area contributed by atoms with Gasteiger partial charge in [-0.15, -0.1) is 0 Å². The Morgan fingerprint density at radius 3 is 2.50 bits per heavy atom. The molecule has 4 nitrogen and oxygen atoms in total. The topological polar surface area (TPSA) is 50.7 Å². The van der Waals surface area contributed by atoms with Crippen LogP contribution in [0.2, 0.25) is 0 Å². The van der Waals surface area contributed by atoms with E-state index in [2.05, 4.69) is 26.1 Å². The summed E-state index contributed by atoms with van der Waals surface area (Å²) < 4.78 is 10.8. The number of nitrogens with one attached hydrogen (secondary N) is 1. The summed E-state index contributed by atoms with van der Waals surface area (Å²) in [5, 5.41) is 13.3. The van der Waals surface area contributed by atoms with Crippen LogP contribution in [0.25, 0.3) is 0 Å². The van der Waals surface area contributed by atoms with Gasteiger partial charge in [-0.05, 0) is 32.4 Å². The number of rotatable bonds is 9. The van der Waals surface area contributed by atoms with Crippen LogP contribution in [0.1, 0.15) is 33.6 Å². The molecule has 0 aliphatic carbocycles. The molecule has 1 unspecified atom stereocenters. The van der Waals surface area contributed by atoms with Gasteiger partial charge in [-0.1, -0.05) is 25.5 Å². The van der Waals surface area contributed by atoms with E-state index >= 15 is 0 Å². The van der Waals surface area contributed by atoms with E-state index in [0.717, 1.165) is 12.8 Å². The highest BCUT2D eigenvalue weighted by molar-refractivity contribution is 5.39. The maximum atomic E-state index is 9.98. The summed E-state index contributed by atoms with van der Waals surface area (Å²) in [5.74, 6) is 1.33. The van der Waals surface area contributed by atoms with Crippen LogP contribution in [-0.2, 0) is 0 Å². The molecule has 0 radical (unpaired) electrons. The highest BCUT2D eigenvalue weighted by Gasteiger charge is 2.17. The lowest BCUT2D eigenvalue weighted by atomic mass is 9.99. The van der Waals surface area contributed by atoms with Gasteiger partial charge in [0.2, 0.25) is 0 Å². The second kappa shape index (κ2) is 8.12. The number of aliphatic hydroxyl groups excluding tert-OH is 1. The molecule has 0 aliphatic heterocycles. The van der Waals surface area contributed by atoms with Gasteiger partial charge in [-0.2, -0.15) is 0 Å². The first-order valence-electron chi connectivity index (χ1n) is 7.17. The third-order valence-electron chi connectivity index (χ3n) is 3.19. The molecule has 0 saturated carbocycles. The average molecular weight is 281 g/mol. The van der Waals surface area contributed by atoms with E-state index in [1.807, 2.05) is 24.3 Å². The Kier molecular flexibility index (Phi) is 6.82. The maximum absolute atomic E-state index is 9.98. The number of ether oxygens (including phenoxy) is 2. The molecule has 0 amide bonds. The zero-order chi connectivity index (χ0) is 15.0. The van der Waals surface area contributed by atoms with Crippen molar-refractivity contribution >= 4 is 0 Å². The Morgan fingerprint density at radius 2 is 1.90 bits per heavy atom. The van der Waals surface area contributed by atoms with E-state index in [1.54, 1.807) is 7.11 Å². The maximum Gasteiger partial charge on any atom is 0.161 e. The van der Waals surface area contributed by atoms with Crippen LogP contribution in [0.4, 0.5) is 0 Å². The number of methoxy groups -OCH3 is 1. The second-order valence-electron chi connectivity index (χ2n) is 5.63. The van der Waals surface area contributed by atoms with Gasteiger partial charge in [0.05, 0.1) is 7.11 Å². The van der Waals surface area contributed by atoms with E-state index in [-0.39, 0.29) is 12.1 Å². The smallest absolute Gasteiger partial charge is 0.161 e. The van der Waals surface area contributed by atoms with Gasteiger partial charge in [0.15, 0.2) is 11.5 Å². The molecule has 0 spiro atoms. The zero-order valence-electron chi connectivity index (χ0n) is 13.0. The van der Waals surface area contributed by atoms with E-state index in [9.17, 15) is 5.11 Å². The molecule has 0 saturated heterocycles. The van der Waals surface area contributed by atoms with Crippen LogP contribution in [0, 0.1) is 0 Å². The van der Waals surface area contributed by atoms with Gasteiger partial charge in [0.25, 0.3) is 0 Å². The second-order valence-corrected chi connectivity index (χ2v) is 5.63. The quantitative estimate of drug-likeness (QED) is 0.730. The van der Waals surface area contributed by atoms with Crippen molar-refractivity contribution in [3.05, 3.63) is 24.3 Å². The summed E-state index contributed by atoms with van der Waals surface area (Å²) in [6.07, 6.45) is 1.65. The molecule has 114 valence electrons. The van der Waals surface area contributed by atoms with Crippen LogP contribution in [-0.4, -0.2) is 37.0 Å². The number of benzene rings is 1. The van der Waals surface area contributed by atoms with Gasteiger partial charge in [0, 0.05) is 12.1 Å². The van der Waals surface area contributed by atoms with Crippen molar-refractivity contribution in [2.45, 2.75) is 45.3 Å². The average Bonchev–Trinajstić information content (AvgIpc) is 2.43. The van der Waals surface area contributed by atoms with Crippen molar-refractivity contribution in [3.63, 3.8) is 0 Å². The molecule has 1 atom stereocenters. The minimum Gasteiger partial charge on any atom is -0.493 e. The van der Waals surface area contributed by atoms with Crippen molar-refractivity contribution in [2.24, 2.45) is 0 Å². The molecular formula is C16H27NO3. The number of β-amino-alcohol motifs (C(OH)–C–C–N with tert-alkyl or cyclic N) is 1. The third-order valence-corrected chi connectivity index (χ3v) is 3.19. The molecule has 0 bridgehead atoms. The first-order chi connectivity index (χ1) is 9.48. The van der Waals surface area contributed by atoms with E-state index < -0.39 is 6.10 Å². The van der Waals surface area contributed by atoms with Gasteiger partial charge >= 0.3 is 0 Å². The fourth-order valence-corrected chi connectivity index (χ4v) is 2.09. The Bertz CT molecular complexity index is 393. The minimum atomic E-state index is -0.545. The molecule has 0 aromatic heterocycles. The molecule has 0 heterocycles. The van der Waals surface area contributed by atoms with Crippen molar-refractivity contribution in [2.75, 3.05) is 20.3 Å². The van der Waals surface area contributed by atoms with Gasteiger partial charge < -0.3 is 19.9 Å². The largest absolute Gasteiger partial charge is 0.493 e. The number of aliphatic hydroxyl groups is 1. The highest BCUT2D eigenvalue weighted by Crippen LogP contribution is 2.25. The summed E-state index contributed by atoms with van der Waals surface area (Å²) in [7, 11) is 1.60. The van der Waals surface area contributed by atoms with Crippen LogP contribution in [0.3, 0.4) is 0 Å². The Balaban J connectivity index is 2.38. The zero-order valence-corrected chi connectivity index (χ0v) is 13.0. The van der Waals surface area contributed by atoms with Gasteiger partial charge in [-0.3, -0.25) is 0 Å². The first-order valence-corrected chi connectivity index (χ1v) is 7.17. The molecular weight excluding hydrogens is 254 g/mol. The first kappa shape index (κ1) is 16.8. The monoisotopic (exact) mass is 281 g/mol. The molecule has 0 aliphatic rings. The SMILES string of the molecule is CCCC(C)(C)NCC(O)COc1ccccc1OC. The molecule has 20 heavy (non-hydrogen) atoms. The molecule has 0 fully saturated rings. The molecule has 1 aromatic carbocycles. The van der Waals surface area contributed by atoms with Crippen LogP contribution < -0.4 is 14.8 Å². The molecule has 2 N–H and O–H groups in total. The summed E-state index contributed by atoms with van der Waals surface area (Å²) in [6, 6.07) is 7.44. The van der Waals surface area contributed by atoms with E-state index in [0.29, 0.717) is 18.0 Å². The van der Waals surface area contributed by atoms with Gasteiger partial charge in [-0.25, -0.2) is 0 Å². The predicted molar refractivity (Wildman–Crippen MR) is 81.5 cm³/mol. The lowest BCUT2D eigenvalue weighted by molar-refractivity contribution is 0.0965. The Labute approximate surface area is 122 Å². The van der Waals surface area contributed by atoms with Crippen molar-refractivity contribution in [3.8, 4) is 11.5 Å². The number of hydrogen-bond acceptors (Lipinski definition) is 4. The predicted octanol–water partition coefficient (Wildman–Crippen LogP) is 2.60. The van der Waals surface area contributed by atoms with Crippen molar-refractivity contribution < 1.29 is 14.6 Å². The fourth-order valence-electron chi connectivity index (χ4n) is 2.09. The van der Waals surface area contributed by atoms with E-state index in [1.165, 1.54) is 0 Å². The van der Waals surface area contributed by atoms with Gasteiger partial charge in [0.1, 0.15) is 12.7 Å². The number of para-hydroxylation sites is 2. The normalized spacial score (nSPS) is 13.1. The third kappa shape index (κ3) is 5.80. The summed E-state index contributed by atoms with van der Waals surface area (Å²) in [4.78, 5) is 0. The molecule has 4 heteroatoms. The molecule has 1 aromatic rings. The standard InChI is InChI=1S/C16H27NO3/c1-5-10-16(2,3)17-11-13(18)12-20-15-9-7-6-8-14(15)19-4/h6-9,13,17-18H,5,10-12H2,1-4H3. The molecule has 1 rings (SSSR count). The van der Waals surface area contributed by atoms with Crippen LogP contribution >= 0.6 is 0 Å². The Hall–Kier alpha value is -1.26. The lowest BCUT2D eigenvalue weighted by Crippen LogP contribution is -2.44. The summed E-state index contributed by atoms with van der Waals surface area (Å²) in [6.45, 7) is 7.21. The fraction of sp³-hybridized carbons (Fsp3) is 0.625.